The van der Waals surface area contributed by atoms with Gasteiger partial charge in [-0.3, -0.25) is 0 Å². The van der Waals surface area contributed by atoms with Gasteiger partial charge in [0.05, 0.1) is 35.9 Å². The number of nitrogens with two attached hydrogens (primary N) is 1. The molecule has 2 N–H and O–H groups in total. The fourth-order valence-corrected chi connectivity index (χ4v) is 3.53. The van der Waals surface area contributed by atoms with Crippen LogP contribution in [0.3, 0.4) is 0 Å². The molecule has 0 amide bonds. The summed E-state index contributed by atoms with van der Waals surface area (Å²) in [7, 11) is -3.64. The van der Waals surface area contributed by atoms with Crippen molar-refractivity contribution in [2.45, 2.75) is 18.0 Å². The molecule has 1 heterocycles. The second kappa shape index (κ2) is 5.27. The van der Waals surface area contributed by atoms with Crippen LogP contribution in [0.15, 0.2) is 23.1 Å². The molecule has 0 bridgehead atoms. The van der Waals surface area contributed by atoms with Crippen LogP contribution >= 0.6 is 0 Å². The summed E-state index contributed by atoms with van der Waals surface area (Å²) in [6, 6.07) is 6.45. The quantitative estimate of drug-likeness (QED) is 0.833. The van der Waals surface area contributed by atoms with Crippen LogP contribution in [-0.4, -0.2) is 38.6 Å². The molecule has 1 aliphatic heterocycles. The normalized spacial score (nSPS) is 21.0. The number of sulfonamides is 1. The van der Waals surface area contributed by atoms with Crippen LogP contribution < -0.4 is 5.73 Å². The molecule has 1 aromatic rings. The molecule has 1 atom stereocenters. The van der Waals surface area contributed by atoms with Crippen LogP contribution in [0.1, 0.15) is 11.1 Å². The summed E-state index contributed by atoms with van der Waals surface area (Å²) in [5.74, 6) is 0. The number of rotatable bonds is 2. The molecule has 1 unspecified atom stereocenters. The number of aryl methyl sites for hydroxylation is 1. The molecule has 1 aliphatic rings. The molecular formula is C12H15N3O3S. The molecule has 7 heteroatoms. The first-order valence-electron chi connectivity index (χ1n) is 5.83. The average Bonchev–Trinajstić information content (AvgIpc) is 2.39. The van der Waals surface area contributed by atoms with Crippen molar-refractivity contribution in [3.05, 3.63) is 29.3 Å². The van der Waals surface area contributed by atoms with E-state index in [0.29, 0.717) is 17.7 Å². The van der Waals surface area contributed by atoms with E-state index in [1.807, 2.05) is 6.07 Å². The Morgan fingerprint density at radius 1 is 1.53 bits per heavy atom. The van der Waals surface area contributed by atoms with Crippen molar-refractivity contribution in [1.82, 2.24) is 4.31 Å². The summed E-state index contributed by atoms with van der Waals surface area (Å²) >= 11 is 0. The molecule has 19 heavy (non-hydrogen) atoms. The molecule has 0 aliphatic carbocycles. The van der Waals surface area contributed by atoms with E-state index < -0.39 is 16.2 Å². The van der Waals surface area contributed by atoms with Crippen molar-refractivity contribution in [3.8, 4) is 6.07 Å². The number of hydrogen-bond donors (Lipinski definition) is 1. The standard InChI is InChI=1S/C12H15N3O3S/c1-9-6-11(3-2-10(9)7-13)19(16,17)15-4-5-18-8-12(15)14/h2-3,6,12H,4-5,8,14H2,1H3. The molecular weight excluding hydrogens is 266 g/mol. The van der Waals surface area contributed by atoms with Crippen LogP contribution in [0.2, 0.25) is 0 Å². The van der Waals surface area contributed by atoms with Gasteiger partial charge in [-0.05, 0) is 30.7 Å². The van der Waals surface area contributed by atoms with Gasteiger partial charge in [0.15, 0.2) is 0 Å². The monoisotopic (exact) mass is 281 g/mol. The second-order valence-corrected chi connectivity index (χ2v) is 6.24. The van der Waals surface area contributed by atoms with Crippen LogP contribution in [-0.2, 0) is 14.8 Å². The number of benzene rings is 1. The summed E-state index contributed by atoms with van der Waals surface area (Å²) in [5, 5.41) is 8.86. The van der Waals surface area contributed by atoms with Gasteiger partial charge in [0.1, 0.15) is 0 Å². The average molecular weight is 281 g/mol. The number of morpholine rings is 1. The minimum absolute atomic E-state index is 0.154. The lowest BCUT2D eigenvalue weighted by Crippen LogP contribution is -2.53. The largest absolute Gasteiger partial charge is 0.377 e. The van der Waals surface area contributed by atoms with Crippen LogP contribution in [0, 0.1) is 18.3 Å². The second-order valence-electron chi connectivity index (χ2n) is 4.35. The van der Waals surface area contributed by atoms with Crippen molar-refractivity contribution in [1.29, 1.82) is 5.26 Å². The summed E-state index contributed by atoms with van der Waals surface area (Å²) in [5.41, 5.74) is 6.86. The lowest BCUT2D eigenvalue weighted by atomic mass is 10.1. The van der Waals surface area contributed by atoms with E-state index in [9.17, 15) is 8.42 Å². The van der Waals surface area contributed by atoms with E-state index in [4.69, 9.17) is 15.7 Å². The third-order valence-electron chi connectivity index (χ3n) is 3.04. The van der Waals surface area contributed by atoms with Gasteiger partial charge in [0.2, 0.25) is 10.0 Å². The van der Waals surface area contributed by atoms with Crippen molar-refractivity contribution >= 4 is 10.0 Å². The number of ether oxygens (including phenoxy) is 1. The van der Waals surface area contributed by atoms with Crippen LogP contribution in [0.25, 0.3) is 0 Å². The lowest BCUT2D eigenvalue weighted by Gasteiger charge is -2.31. The minimum atomic E-state index is -3.64. The van der Waals surface area contributed by atoms with Gasteiger partial charge in [0, 0.05) is 6.54 Å². The Labute approximate surface area is 112 Å². The summed E-state index contributed by atoms with van der Waals surface area (Å²) in [6.45, 7) is 2.47. The van der Waals surface area contributed by atoms with Gasteiger partial charge < -0.3 is 10.5 Å². The van der Waals surface area contributed by atoms with Crippen molar-refractivity contribution < 1.29 is 13.2 Å². The molecule has 1 saturated heterocycles. The van der Waals surface area contributed by atoms with E-state index in [2.05, 4.69) is 0 Å². The molecule has 1 fully saturated rings. The highest BCUT2D eigenvalue weighted by Crippen LogP contribution is 2.21. The van der Waals surface area contributed by atoms with E-state index in [1.165, 1.54) is 22.5 Å². The SMILES string of the molecule is Cc1cc(S(=O)(=O)N2CCOCC2N)ccc1C#N. The van der Waals surface area contributed by atoms with E-state index in [-0.39, 0.29) is 18.0 Å². The molecule has 0 saturated carbocycles. The number of nitrogens with zero attached hydrogens (tertiary/aromatic N) is 2. The predicted molar refractivity (Wildman–Crippen MR) is 68.6 cm³/mol. The number of nitriles is 1. The van der Waals surface area contributed by atoms with Crippen LogP contribution in [0.4, 0.5) is 0 Å². The highest BCUT2D eigenvalue weighted by atomic mass is 32.2. The fraction of sp³-hybridized carbons (Fsp3) is 0.417. The Morgan fingerprint density at radius 3 is 2.84 bits per heavy atom. The molecule has 0 radical (unpaired) electrons. The van der Waals surface area contributed by atoms with Gasteiger partial charge >= 0.3 is 0 Å². The Morgan fingerprint density at radius 2 is 2.26 bits per heavy atom. The molecule has 0 aromatic heterocycles. The van der Waals surface area contributed by atoms with Gasteiger partial charge in [-0.25, -0.2) is 8.42 Å². The van der Waals surface area contributed by atoms with E-state index in [1.54, 1.807) is 6.92 Å². The zero-order valence-corrected chi connectivity index (χ0v) is 11.4. The maximum atomic E-state index is 12.5. The highest BCUT2D eigenvalue weighted by molar-refractivity contribution is 7.89. The van der Waals surface area contributed by atoms with Gasteiger partial charge in [0.25, 0.3) is 0 Å². The van der Waals surface area contributed by atoms with Gasteiger partial charge in [-0.1, -0.05) is 0 Å². The third kappa shape index (κ3) is 2.62. The summed E-state index contributed by atoms with van der Waals surface area (Å²) < 4.78 is 31.3. The molecule has 2 rings (SSSR count). The van der Waals surface area contributed by atoms with E-state index >= 15 is 0 Å². The number of hydrogen-bond acceptors (Lipinski definition) is 5. The topological polar surface area (TPSA) is 96.4 Å². The Bertz CT molecular complexity index is 622. The summed E-state index contributed by atoms with van der Waals surface area (Å²) in [4.78, 5) is 0.154. The first-order valence-corrected chi connectivity index (χ1v) is 7.27. The first-order chi connectivity index (χ1) is 8.96. The maximum absolute atomic E-state index is 12.5. The third-order valence-corrected chi connectivity index (χ3v) is 4.96. The van der Waals surface area contributed by atoms with Crippen molar-refractivity contribution in [2.75, 3.05) is 19.8 Å². The predicted octanol–water partition coefficient (Wildman–Crippen LogP) is 0.172. The fourth-order valence-electron chi connectivity index (χ4n) is 1.96. The minimum Gasteiger partial charge on any atom is -0.377 e. The smallest absolute Gasteiger partial charge is 0.244 e. The van der Waals surface area contributed by atoms with Gasteiger partial charge in [-0.2, -0.15) is 9.57 Å². The Balaban J connectivity index is 2.39. The first kappa shape index (κ1) is 14.0. The zero-order valence-electron chi connectivity index (χ0n) is 10.5. The van der Waals surface area contributed by atoms with E-state index in [0.717, 1.165) is 0 Å². The van der Waals surface area contributed by atoms with Crippen LogP contribution in [0.5, 0.6) is 0 Å². The Kier molecular flexibility index (Phi) is 3.87. The summed E-state index contributed by atoms with van der Waals surface area (Å²) in [6.07, 6.45) is -0.672. The molecule has 6 nitrogen and oxygen atoms in total. The lowest BCUT2D eigenvalue weighted by molar-refractivity contribution is 0.0350. The molecule has 1 aromatic carbocycles. The zero-order chi connectivity index (χ0) is 14.0. The molecule has 0 spiro atoms. The van der Waals surface area contributed by atoms with Crippen molar-refractivity contribution in [2.24, 2.45) is 5.73 Å². The Hall–Kier alpha value is -1.46. The van der Waals surface area contributed by atoms with Gasteiger partial charge in [-0.15, -0.1) is 0 Å². The highest BCUT2D eigenvalue weighted by Gasteiger charge is 2.32. The molecule has 102 valence electrons. The van der Waals surface area contributed by atoms with Crippen molar-refractivity contribution in [3.63, 3.8) is 0 Å². The maximum Gasteiger partial charge on any atom is 0.244 e.